The van der Waals surface area contributed by atoms with Gasteiger partial charge in [-0.05, 0) is 18.6 Å². The lowest BCUT2D eigenvalue weighted by Gasteiger charge is -2.20. The van der Waals surface area contributed by atoms with Gasteiger partial charge in [-0.15, -0.1) is 10.2 Å². The number of carbonyl (C=O) groups is 1. The van der Waals surface area contributed by atoms with Gasteiger partial charge in [-0.1, -0.05) is 41.6 Å². The molecule has 28 heavy (non-hydrogen) atoms. The van der Waals surface area contributed by atoms with Crippen molar-refractivity contribution in [3.05, 3.63) is 53.3 Å². The summed E-state index contributed by atoms with van der Waals surface area (Å²) in [5, 5.41) is 11.9. The van der Waals surface area contributed by atoms with E-state index < -0.39 is 0 Å². The lowest BCUT2D eigenvalue weighted by atomic mass is 10.2. The van der Waals surface area contributed by atoms with E-state index in [0.717, 1.165) is 11.3 Å². The summed E-state index contributed by atoms with van der Waals surface area (Å²) in [6.45, 7) is 2.96. The van der Waals surface area contributed by atoms with E-state index in [2.05, 4.69) is 15.5 Å². The van der Waals surface area contributed by atoms with E-state index in [1.165, 1.54) is 11.8 Å². The first kappa shape index (κ1) is 18.6. The summed E-state index contributed by atoms with van der Waals surface area (Å²) < 4.78 is 12.9. The van der Waals surface area contributed by atoms with Crippen molar-refractivity contribution in [1.29, 1.82) is 0 Å². The van der Waals surface area contributed by atoms with Gasteiger partial charge in [0.25, 0.3) is 0 Å². The predicted molar refractivity (Wildman–Crippen MR) is 108 cm³/mol. The van der Waals surface area contributed by atoms with Gasteiger partial charge in [0.15, 0.2) is 16.7 Å². The van der Waals surface area contributed by atoms with Crippen LogP contribution in [-0.2, 0) is 4.79 Å². The molecule has 1 aromatic heterocycles. The molecular weight excluding hydrogens is 400 g/mol. The average Bonchev–Trinajstić information content (AvgIpc) is 3.16. The van der Waals surface area contributed by atoms with Crippen molar-refractivity contribution in [2.75, 3.05) is 24.3 Å². The largest absolute Gasteiger partial charge is 0.486 e. The van der Waals surface area contributed by atoms with Crippen molar-refractivity contribution in [2.45, 2.75) is 12.1 Å². The quantitative estimate of drug-likeness (QED) is 0.638. The first-order valence-corrected chi connectivity index (χ1v) is 9.96. The van der Waals surface area contributed by atoms with E-state index in [1.807, 2.05) is 35.8 Å². The molecule has 9 heteroatoms. The number of benzene rings is 2. The fourth-order valence-electron chi connectivity index (χ4n) is 2.80. The molecule has 1 N–H and O–H groups in total. The Morgan fingerprint density at radius 3 is 2.79 bits per heavy atom. The number of aromatic nitrogens is 3. The predicted octanol–water partition coefficient (Wildman–Crippen LogP) is 3.73. The Bertz CT molecular complexity index is 1020. The maximum Gasteiger partial charge on any atom is 0.234 e. The molecule has 4 rings (SSSR count). The summed E-state index contributed by atoms with van der Waals surface area (Å²) in [4.78, 5) is 12.4. The second-order valence-electron chi connectivity index (χ2n) is 6.08. The van der Waals surface area contributed by atoms with Crippen LogP contribution in [0.5, 0.6) is 11.5 Å². The van der Waals surface area contributed by atoms with Crippen molar-refractivity contribution in [1.82, 2.24) is 14.8 Å². The number of aryl methyl sites for hydroxylation is 1. The molecule has 1 aliphatic rings. The van der Waals surface area contributed by atoms with E-state index in [9.17, 15) is 4.79 Å². The molecule has 1 aliphatic heterocycles. The number of halogens is 1. The van der Waals surface area contributed by atoms with Crippen LogP contribution in [0.15, 0.2) is 47.9 Å². The number of ether oxygens (including phenoxy) is 2. The average molecular weight is 417 g/mol. The molecule has 144 valence electrons. The summed E-state index contributed by atoms with van der Waals surface area (Å²) in [5.41, 5.74) is 2.55. The SMILES string of the molecule is Cc1ccccc1-n1cnnc1SCC(=O)Nc1cc2c(cc1Cl)OCCO2. The Kier molecular flexibility index (Phi) is 5.40. The molecule has 0 atom stereocenters. The van der Waals surface area contributed by atoms with Gasteiger partial charge in [-0.25, -0.2) is 0 Å². The third kappa shape index (κ3) is 3.93. The van der Waals surface area contributed by atoms with Gasteiger partial charge < -0.3 is 14.8 Å². The van der Waals surface area contributed by atoms with Crippen molar-refractivity contribution < 1.29 is 14.3 Å². The van der Waals surface area contributed by atoms with Crippen molar-refractivity contribution in [3.8, 4) is 17.2 Å². The van der Waals surface area contributed by atoms with E-state index in [4.69, 9.17) is 21.1 Å². The van der Waals surface area contributed by atoms with Crippen LogP contribution in [0.4, 0.5) is 5.69 Å². The third-order valence-electron chi connectivity index (χ3n) is 4.13. The van der Waals surface area contributed by atoms with Crippen LogP contribution in [0.1, 0.15) is 5.56 Å². The summed E-state index contributed by atoms with van der Waals surface area (Å²) in [7, 11) is 0. The summed E-state index contributed by atoms with van der Waals surface area (Å²) >= 11 is 7.54. The van der Waals surface area contributed by atoms with E-state index >= 15 is 0 Å². The Balaban J connectivity index is 1.44. The molecule has 0 saturated carbocycles. The minimum Gasteiger partial charge on any atom is -0.486 e. The summed E-state index contributed by atoms with van der Waals surface area (Å²) in [5.74, 6) is 1.10. The van der Waals surface area contributed by atoms with Crippen LogP contribution in [0.2, 0.25) is 5.02 Å². The molecule has 2 heterocycles. The van der Waals surface area contributed by atoms with Gasteiger partial charge in [-0.2, -0.15) is 0 Å². The van der Waals surface area contributed by atoms with Crippen LogP contribution in [-0.4, -0.2) is 39.6 Å². The second-order valence-corrected chi connectivity index (χ2v) is 7.43. The van der Waals surface area contributed by atoms with Crippen LogP contribution >= 0.6 is 23.4 Å². The van der Waals surface area contributed by atoms with E-state index in [1.54, 1.807) is 18.5 Å². The minimum absolute atomic E-state index is 0.162. The highest BCUT2D eigenvalue weighted by Gasteiger charge is 2.17. The molecule has 7 nitrogen and oxygen atoms in total. The van der Waals surface area contributed by atoms with Gasteiger partial charge in [0.2, 0.25) is 5.91 Å². The molecule has 0 bridgehead atoms. The molecule has 0 saturated heterocycles. The zero-order valence-corrected chi connectivity index (χ0v) is 16.6. The number of nitrogens with one attached hydrogen (secondary N) is 1. The highest BCUT2D eigenvalue weighted by Crippen LogP contribution is 2.38. The topological polar surface area (TPSA) is 78.3 Å². The van der Waals surface area contributed by atoms with Crippen LogP contribution in [0.25, 0.3) is 5.69 Å². The molecular formula is C19H17ClN4O3S. The standard InChI is InChI=1S/C19H17ClN4O3S/c1-12-4-2-3-5-15(12)24-11-21-23-19(24)28-10-18(25)22-14-9-17-16(8-13(14)20)26-6-7-27-17/h2-5,8-9,11H,6-7,10H2,1H3,(H,22,25). The summed E-state index contributed by atoms with van der Waals surface area (Å²) in [6.07, 6.45) is 1.64. The number of amides is 1. The lowest BCUT2D eigenvalue weighted by molar-refractivity contribution is -0.113. The number of hydrogen-bond donors (Lipinski definition) is 1. The molecule has 0 spiro atoms. The Morgan fingerprint density at radius 2 is 2.00 bits per heavy atom. The fourth-order valence-corrected chi connectivity index (χ4v) is 3.72. The number of rotatable bonds is 5. The van der Waals surface area contributed by atoms with Crippen LogP contribution < -0.4 is 14.8 Å². The lowest BCUT2D eigenvalue weighted by Crippen LogP contribution is -2.17. The van der Waals surface area contributed by atoms with Gasteiger partial charge in [0.1, 0.15) is 19.5 Å². The van der Waals surface area contributed by atoms with Gasteiger partial charge in [0, 0.05) is 12.1 Å². The fraction of sp³-hybridized carbons (Fsp3) is 0.211. The smallest absolute Gasteiger partial charge is 0.234 e. The van der Waals surface area contributed by atoms with Crippen molar-refractivity contribution >= 4 is 35.0 Å². The number of para-hydroxylation sites is 1. The van der Waals surface area contributed by atoms with E-state index in [-0.39, 0.29) is 11.7 Å². The minimum atomic E-state index is -0.206. The Labute approximate surface area is 171 Å². The molecule has 0 aliphatic carbocycles. The molecule has 2 aromatic carbocycles. The Morgan fingerprint density at radius 1 is 1.25 bits per heavy atom. The highest BCUT2D eigenvalue weighted by molar-refractivity contribution is 7.99. The number of anilines is 1. The molecule has 1 amide bonds. The van der Waals surface area contributed by atoms with E-state index in [0.29, 0.717) is 40.6 Å². The van der Waals surface area contributed by atoms with Crippen molar-refractivity contribution in [2.24, 2.45) is 0 Å². The van der Waals surface area contributed by atoms with Gasteiger partial charge in [-0.3, -0.25) is 9.36 Å². The normalized spacial score (nSPS) is 12.6. The monoisotopic (exact) mass is 416 g/mol. The van der Waals surface area contributed by atoms with Crippen molar-refractivity contribution in [3.63, 3.8) is 0 Å². The number of fused-ring (bicyclic) bond motifs is 1. The second kappa shape index (κ2) is 8.12. The summed E-state index contributed by atoms with van der Waals surface area (Å²) in [6, 6.07) is 11.2. The molecule has 3 aromatic rings. The zero-order chi connectivity index (χ0) is 19.5. The highest BCUT2D eigenvalue weighted by atomic mass is 35.5. The molecule has 0 unspecified atom stereocenters. The van der Waals surface area contributed by atoms with Crippen LogP contribution in [0, 0.1) is 6.92 Å². The Hall–Kier alpha value is -2.71. The first-order valence-electron chi connectivity index (χ1n) is 8.59. The number of carbonyl (C=O) groups excluding carboxylic acids is 1. The number of hydrogen-bond acceptors (Lipinski definition) is 6. The maximum atomic E-state index is 12.4. The third-order valence-corrected chi connectivity index (χ3v) is 5.39. The van der Waals surface area contributed by atoms with Gasteiger partial charge >= 0.3 is 0 Å². The van der Waals surface area contributed by atoms with Crippen LogP contribution in [0.3, 0.4) is 0 Å². The van der Waals surface area contributed by atoms with Gasteiger partial charge in [0.05, 0.1) is 22.2 Å². The number of thioether (sulfide) groups is 1. The first-order chi connectivity index (χ1) is 13.6. The zero-order valence-electron chi connectivity index (χ0n) is 15.0. The molecule has 0 radical (unpaired) electrons. The molecule has 0 fully saturated rings. The number of nitrogens with zero attached hydrogens (tertiary/aromatic N) is 3. The maximum absolute atomic E-state index is 12.4.